The van der Waals surface area contributed by atoms with Gasteiger partial charge >= 0.3 is 0 Å². The van der Waals surface area contributed by atoms with Gasteiger partial charge in [0, 0.05) is 31.7 Å². The Labute approximate surface area is 124 Å². The van der Waals surface area contributed by atoms with Crippen LogP contribution in [0.1, 0.15) is 30.6 Å². The number of hydrogen-bond acceptors (Lipinski definition) is 3. The molecule has 1 rings (SSSR count). The molecule has 0 heterocycles. The molecule has 0 radical (unpaired) electrons. The summed E-state index contributed by atoms with van der Waals surface area (Å²) in [5.41, 5.74) is 6.43. The van der Waals surface area contributed by atoms with Crippen molar-refractivity contribution in [3.05, 3.63) is 28.8 Å². The Morgan fingerprint density at radius 1 is 1.30 bits per heavy atom. The smallest absolute Gasteiger partial charge is 0.252 e. The molecule has 1 aromatic rings. The molecule has 0 spiro atoms. The fraction of sp³-hybridized carbons (Fsp3) is 0.429. The fourth-order valence-corrected chi connectivity index (χ4v) is 2.10. The predicted molar refractivity (Wildman–Crippen MR) is 80.7 cm³/mol. The van der Waals surface area contributed by atoms with Crippen LogP contribution in [0.3, 0.4) is 0 Å². The Morgan fingerprint density at radius 2 is 1.95 bits per heavy atom. The second kappa shape index (κ2) is 7.75. The van der Waals surface area contributed by atoms with Crippen molar-refractivity contribution in [2.75, 3.05) is 25.4 Å². The summed E-state index contributed by atoms with van der Waals surface area (Å²) < 4.78 is 0. The summed E-state index contributed by atoms with van der Waals surface area (Å²) in [5, 5.41) is 2.98. The first-order chi connectivity index (χ1) is 9.49. The van der Waals surface area contributed by atoms with Crippen LogP contribution in [0.15, 0.2) is 18.2 Å². The van der Waals surface area contributed by atoms with Crippen LogP contribution in [-0.4, -0.2) is 36.3 Å². The molecule has 1 aromatic carbocycles. The summed E-state index contributed by atoms with van der Waals surface area (Å²) in [6, 6.07) is 4.71. The Bertz CT molecular complexity index is 487. The van der Waals surface area contributed by atoms with Gasteiger partial charge in [0.05, 0.1) is 10.6 Å². The lowest BCUT2D eigenvalue weighted by atomic mass is 10.2. The van der Waals surface area contributed by atoms with Gasteiger partial charge in [-0.15, -0.1) is 0 Å². The van der Waals surface area contributed by atoms with Gasteiger partial charge in [0.15, 0.2) is 0 Å². The van der Waals surface area contributed by atoms with Crippen molar-refractivity contribution in [1.82, 2.24) is 10.2 Å². The van der Waals surface area contributed by atoms with Crippen molar-refractivity contribution in [1.29, 1.82) is 0 Å². The lowest BCUT2D eigenvalue weighted by Gasteiger charge is -2.18. The van der Waals surface area contributed by atoms with Crippen molar-refractivity contribution >= 4 is 29.1 Å². The first-order valence-corrected chi connectivity index (χ1v) is 6.98. The number of anilines is 1. The zero-order chi connectivity index (χ0) is 15.1. The molecule has 0 saturated carbocycles. The highest BCUT2D eigenvalue weighted by Gasteiger charge is 2.12. The van der Waals surface area contributed by atoms with E-state index in [1.54, 1.807) is 17.0 Å². The topological polar surface area (TPSA) is 75.4 Å². The number of nitrogens with zero attached hydrogens (tertiary/aromatic N) is 1. The van der Waals surface area contributed by atoms with Crippen LogP contribution in [-0.2, 0) is 4.79 Å². The summed E-state index contributed by atoms with van der Waals surface area (Å²) in [5.74, 6) is -0.277. The fourth-order valence-electron chi connectivity index (χ4n) is 1.83. The third-order valence-corrected chi connectivity index (χ3v) is 3.29. The molecule has 20 heavy (non-hydrogen) atoms. The van der Waals surface area contributed by atoms with Gasteiger partial charge < -0.3 is 16.0 Å². The molecule has 0 atom stereocenters. The van der Waals surface area contributed by atoms with Crippen molar-refractivity contribution in [2.24, 2.45) is 0 Å². The number of benzene rings is 1. The number of carbonyl (C=O) groups is 2. The average Bonchev–Trinajstić information content (AvgIpc) is 2.39. The molecule has 110 valence electrons. The maximum Gasteiger partial charge on any atom is 0.252 e. The third kappa shape index (κ3) is 4.42. The zero-order valence-corrected chi connectivity index (χ0v) is 12.5. The minimum atomic E-state index is -0.303. The minimum absolute atomic E-state index is 0.0266. The Kier molecular flexibility index (Phi) is 6.31. The molecule has 5 nitrogen and oxygen atoms in total. The van der Waals surface area contributed by atoms with E-state index in [1.165, 1.54) is 6.07 Å². The van der Waals surface area contributed by atoms with Crippen LogP contribution in [0.25, 0.3) is 0 Å². The van der Waals surface area contributed by atoms with E-state index in [0.717, 1.165) is 0 Å². The van der Waals surface area contributed by atoms with Crippen molar-refractivity contribution in [3.63, 3.8) is 0 Å². The van der Waals surface area contributed by atoms with Crippen LogP contribution < -0.4 is 11.1 Å². The minimum Gasteiger partial charge on any atom is -0.399 e. The Hall–Kier alpha value is -1.75. The zero-order valence-electron chi connectivity index (χ0n) is 11.8. The molecule has 0 bridgehead atoms. The van der Waals surface area contributed by atoms with Crippen LogP contribution in [0.2, 0.25) is 5.02 Å². The van der Waals surface area contributed by atoms with Crippen molar-refractivity contribution < 1.29 is 9.59 Å². The highest BCUT2D eigenvalue weighted by molar-refractivity contribution is 6.34. The van der Waals surface area contributed by atoms with E-state index in [-0.39, 0.29) is 24.8 Å². The number of nitrogen functional groups attached to an aromatic ring is 1. The summed E-state index contributed by atoms with van der Waals surface area (Å²) in [6.45, 7) is 5.48. The largest absolute Gasteiger partial charge is 0.399 e. The average molecular weight is 298 g/mol. The van der Waals surface area contributed by atoms with E-state index < -0.39 is 0 Å². The summed E-state index contributed by atoms with van der Waals surface area (Å²) in [6.07, 6.45) is 0.278. The molecule has 0 fully saturated rings. The summed E-state index contributed by atoms with van der Waals surface area (Å²) in [4.78, 5) is 25.4. The van der Waals surface area contributed by atoms with Gasteiger partial charge in [-0.2, -0.15) is 0 Å². The number of rotatable bonds is 6. The third-order valence-electron chi connectivity index (χ3n) is 2.98. The summed E-state index contributed by atoms with van der Waals surface area (Å²) >= 11 is 5.95. The highest BCUT2D eigenvalue weighted by Crippen LogP contribution is 2.18. The second-order valence-corrected chi connectivity index (χ2v) is 4.72. The molecule has 0 aliphatic carbocycles. The maximum absolute atomic E-state index is 11.9. The molecule has 0 aromatic heterocycles. The van der Waals surface area contributed by atoms with E-state index in [0.29, 0.717) is 29.4 Å². The van der Waals surface area contributed by atoms with E-state index in [9.17, 15) is 9.59 Å². The van der Waals surface area contributed by atoms with Crippen LogP contribution in [0.5, 0.6) is 0 Å². The number of nitrogens with two attached hydrogens (primary N) is 1. The van der Waals surface area contributed by atoms with Gasteiger partial charge in [-0.25, -0.2) is 0 Å². The van der Waals surface area contributed by atoms with E-state index in [4.69, 9.17) is 17.3 Å². The SMILES string of the molecule is CCN(CC)C(=O)CCNC(=O)c1ccc(N)cc1Cl. The van der Waals surface area contributed by atoms with Gasteiger partial charge in [-0.3, -0.25) is 9.59 Å². The van der Waals surface area contributed by atoms with E-state index >= 15 is 0 Å². The predicted octanol–water partition coefficient (Wildman–Crippen LogP) is 1.91. The molecule has 0 aliphatic rings. The number of halogens is 1. The number of carbonyl (C=O) groups excluding carboxylic acids is 2. The number of amides is 2. The Morgan fingerprint density at radius 3 is 2.50 bits per heavy atom. The quantitative estimate of drug-likeness (QED) is 0.788. The molecule has 6 heteroatoms. The maximum atomic E-state index is 11.9. The molecule has 3 N–H and O–H groups in total. The van der Waals surface area contributed by atoms with Crippen LogP contribution in [0.4, 0.5) is 5.69 Å². The van der Waals surface area contributed by atoms with Crippen molar-refractivity contribution in [2.45, 2.75) is 20.3 Å². The normalized spacial score (nSPS) is 10.2. The monoisotopic (exact) mass is 297 g/mol. The second-order valence-electron chi connectivity index (χ2n) is 4.31. The molecular weight excluding hydrogens is 278 g/mol. The van der Waals surface area contributed by atoms with Crippen molar-refractivity contribution in [3.8, 4) is 0 Å². The molecular formula is C14H20ClN3O2. The van der Waals surface area contributed by atoms with Gasteiger partial charge in [-0.1, -0.05) is 11.6 Å². The van der Waals surface area contributed by atoms with Gasteiger partial charge in [0.2, 0.25) is 5.91 Å². The summed E-state index contributed by atoms with van der Waals surface area (Å²) in [7, 11) is 0. The van der Waals surface area contributed by atoms with Crippen LogP contribution in [0, 0.1) is 0 Å². The number of hydrogen-bond donors (Lipinski definition) is 2. The first kappa shape index (κ1) is 16.3. The highest BCUT2D eigenvalue weighted by atomic mass is 35.5. The standard InChI is InChI=1S/C14H20ClN3O2/c1-3-18(4-2)13(19)7-8-17-14(20)11-6-5-10(16)9-12(11)15/h5-6,9H,3-4,7-8,16H2,1-2H3,(H,17,20). The Balaban J connectivity index is 2.50. The molecule has 0 saturated heterocycles. The first-order valence-electron chi connectivity index (χ1n) is 6.60. The van der Waals surface area contributed by atoms with Crippen LogP contribution >= 0.6 is 11.6 Å². The van der Waals surface area contributed by atoms with E-state index in [1.807, 2.05) is 13.8 Å². The lowest BCUT2D eigenvalue weighted by Crippen LogP contribution is -2.34. The molecule has 2 amide bonds. The van der Waals surface area contributed by atoms with Gasteiger partial charge in [0.25, 0.3) is 5.91 Å². The van der Waals surface area contributed by atoms with E-state index in [2.05, 4.69) is 5.32 Å². The van der Waals surface area contributed by atoms with Gasteiger partial charge in [0.1, 0.15) is 0 Å². The van der Waals surface area contributed by atoms with Gasteiger partial charge in [-0.05, 0) is 32.0 Å². The number of nitrogens with one attached hydrogen (secondary N) is 1. The lowest BCUT2D eigenvalue weighted by molar-refractivity contribution is -0.130. The molecule has 0 aliphatic heterocycles. The molecule has 0 unspecified atom stereocenters.